The van der Waals surface area contributed by atoms with Crippen molar-refractivity contribution in [1.29, 1.82) is 0 Å². The molecule has 110 valence electrons. The molecule has 0 radical (unpaired) electrons. The van der Waals surface area contributed by atoms with E-state index in [1.807, 2.05) is 11.9 Å². The molecule has 1 saturated heterocycles. The molecule has 2 fully saturated rings. The summed E-state index contributed by atoms with van der Waals surface area (Å²) in [4.78, 5) is 17.9. The maximum Gasteiger partial charge on any atom is 0.249 e. The molecule has 1 N–H and O–H groups in total. The van der Waals surface area contributed by atoms with Crippen LogP contribution in [-0.2, 0) is 4.79 Å². The maximum absolute atomic E-state index is 12.1. The molecule has 0 aromatic heterocycles. The Hall–Kier alpha value is -0.490. The first kappa shape index (κ1) is 16.6. The Balaban J connectivity index is 0.00000180. The van der Waals surface area contributed by atoms with Crippen molar-refractivity contribution in [3.05, 3.63) is 0 Å². The standard InChI is InChI=1S/C12H20FN3OS.ClH/c1-8-10(7-11(17)15-13)16(2)12(18-8)14-9-5-3-4-6-9;/h8-10H,3-7H2,1-2H3,(H,15,17);1H. The van der Waals surface area contributed by atoms with E-state index < -0.39 is 5.91 Å². The molecule has 1 heterocycles. The fraction of sp³-hybridized carbons (Fsp3) is 0.833. The Morgan fingerprint density at radius 3 is 2.74 bits per heavy atom. The molecule has 0 aromatic rings. The monoisotopic (exact) mass is 309 g/mol. The molecule has 4 nitrogen and oxygen atoms in total. The second-order valence-electron chi connectivity index (χ2n) is 5.07. The van der Waals surface area contributed by atoms with Gasteiger partial charge in [0.15, 0.2) is 5.17 Å². The van der Waals surface area contributed by atoms with Gasteiger partial charge in [-0.05, 0) is 12.8 Å². The number of halogens is 2. The van der Waals surface area contributed by atoms with Crippen molar-refractivity contribution < 1.29 is 9.28 Å². The zero-order chi connectivity index (χ0) is 13.1. The highest BCUT2D eigenvalue weighted by atomic mass is 35.5. The van der Waals surface area contributed by atoms with Gasteiger partial charge in [0.25, 0.3) is 0 Å². The van der Waals surface area contributed by atoms with Crippen LogP contribution in [0.25, 0.3) is 0 Å². The Morgan fingerprint density at radius 1 is 1.53 bits per heavy atom. The molecule has 1 amide bonds. The van der Waals surface area contributed by atoms with E-state index in [1.54, 1.807) is 11.8 Å². The van der Waals surface area contributed by atoms with Crippen molar-refractivity contribution in [2.24, 2.45) is 4.99 Å². The average molecular weight is 310 g/mol. The topological polar surface area (TPSA) is 44.7 Å². The van der Waals surface area contributed by atoms with E-state index in [9.17, 15) is 9.28 Å². The quantitative estimate of drug-likeness (QED) is 0.815. The highest BCUT2D eigenvalue weighted by molar-refractivity contribution is 8.14. The molecule has 7 heteroatoms. The van der Waals surface area contributed by atoms with Crippen LogP contribution in [-0.4, -0.2) is 40.4 Å². The van der Waals surface area contributed by atoms with Crippen LogP contribution in [0.1, 0.15) is 39.0 Å². The summed E-state index contributed by atoms with van der Waals surface area (Å²) >= 11 is 1.69. The van der Waals surface area contributed by atoms with Crippen molar-refractivity contribution in [3.8, 4) is 0 Å². The highest BCUT2D eigenvalue weighted by Crippen LogP contribution is 2.33. The summed E-state index contributed by atoms with van der Waals surface area (Å²) in [5.41, 5.74) is 1.21. The predicted molar refractivity (Wildman–Crippen MR) is 79.4 cm³/mol. The van der Waals surface area contributed by atoms with Crippen molar-refractivity contribution in [2.75, 3.05) is 7.05 Å². The largest absolute Gasteiger partial charge is 0.350 e. The molecule has 1 saturated carbocycles. The molecule has 2 unspecified atom stereocenters. The number of amides is 1. The third kappa shape index (κ3) is 3.99. The summed E-state index contributed by atoms with van der Waals surface area (Å²) in [5.74, 6) is -0.554. The van der Waals surface area contributed by atoms with Crippen LogP contribution in [0.2, 0.25) is 0 Å². The van der Waals surface area contributed by atoms with Crippen molar-refractivity contribution >= 4 is 35.2 Å². The SMILES string of the molecule is CC1SC(=NC2CCCC2)N(C)C1CC(=O)NF.Cl. The van der Waals surface area contributed by atoms with E-state index in [4.69, 9.17) is 4.99 Å². The van der Waals surface area contributed by atoms with Crippen LogP contribution in [0.15, 0.2) is 4.99 Å². The molecule has 2 rings (SSSR count). The predicted octanol–water partition coefficient (Wildman–Crippen LogP) is 2.53. The molecular formula is C12H21ClFN3OS. The molecule has 2 atom stereocenters. The van der Waals surface area contributed by atoms with Crippen LogP contribution in [0.4, 0.5) is 4.48 Å². The summed E-state index contributed by atoms with van der Waals surface area (Å²) in [6.45, 7) is 2.06. The van der Waals surface area contributed by atoms with E-state index in [2.05, 4.69) is 6.92 Å². The lowest BCUT2D eigenvalue weighted by Gasteiger charge is -2.22. The van der Waals surface area contributed by atoms with E-state index in [1.165, 1.54) is 31.2 Å². The number of carbonyl (C=O) groups excluding carboxylic acids is 1. The number of rotatable bonds is 3. The zero-order valence-electron chi connectivity index (χ0n) is 11.3. The first-order valence-corrected chi connectivity index (χ1v) is 7.36. The lowest BCUT2D eigenvalue weighted by atomic mass is 10.1. The third-order valence-corrected chi connectivity index (χ3v) is 5.04. The number of thioether (sulfide) groups is 1. The third-order valence-electron chi connectivity index (χ3n) is 3.75. The second-order valence-corrected chi connectivity index (χ2v) is 6.42. The molecule has 19 heavy (non-hydrogen) atoms. The van der Waals surface area contributed by atoms with Gasteiger partial charge in [0.1, 0.15) is 0 Å². The van der Waals surface area contributed by atoms with E-state index in [0.29, 0.717) is 6.04 Å². The van der Waals surface area contributed by atoms with E-state index >= 15 is 0 Å². The number of carbonyl (C=O) groups is 1. The number of hydrogen-bond donors (Lipinski definition) is 1. The van der Waals surface area contributed by atoms with Crippen LogP contribution in [0, 0.1) is 0 Å². The summed E-state index contributed by atoms with van der Waals surface area (Å²) in [5, 5.41) is 1.28. The van der Waals surface area contributed by atoms with Gasteiger partial charge in [-0.3, -0.25) is 9.79 Å². The molecule has 1 aliphatic heterocycles. The van der Waals surface area contributed by atoms with Gasteiger partial charge in [-0.15, -0.1) is 16.9 Å². The molecule has 2 aliphatic rings. The minimum Gasteiger partial charge on any atom is -0.350 e. The summed E-state index contributed by atoms with van der Waals surface area (Å²) in [7, 11) is 1.94. The van der Waals surface area contributed by atoms with Crippen molar-refractivity contribution in [1.82, 2.24) is 10.4 Å². The highest BCUT2D eigenvalue weighted by Gasteiger charge is 2.36. The number of hydrogen-bond acceptors (Lipinski definition) is 3. The van der Waals surface area contributed by atoms with Gasteiger partial charge in [-0.2, -0.15) is 5.54 Å². The van der Waals surface area contributed by atoms with Crippen LogP contribution in [0.5, 0.6) is 0 Å². The smallest absolute Gasteiger partial charge is 0.249 e. The summed E-state index contributed by atoms with van der Waals surface area (Å²) in [6, 6.07) is 0.474. The number of nitrogens with one attached hydrogen (secondary N) is 1. The summed E-state index contributed by atoms with van der Waals surface area (Å²) in [6.07, 6.45) is 5.05. The van der Waals surface area contributed by atoms with E-state index in [0.717, 1.165) is 5.17 Å². The average Bonchev–Trinajstić information content (AvgIpc) is 2.94. The van der Waals surface area contributed by atoms with Crippen molar-refractivity contribution in [2.45, 2.75) is 56.4 Å². The Kier molecular flexibility index (Phi) is 6.39. The van der Waals surface area contributed by atoms with Gasteiger partial charge in [0.05, 0.1) is 18.5 Å². The normalized spacial score (nSPS) is 29.6. The molecular weight excluding hydrogens is 289 g/mol. The lowest BCUT2D eigenvalue weighted by molar-refractivity contribution is -0.126. The van der Waals surface area contributed by atoms with Crippen LogP contribution in [0.3, 0.4) is 0 Å². The Morgan fingerprint density at radius 2 is 2.16 bits per heavy atom. The molecule has 0 bridgehead atoms. The van der Waals surface area contributed by atoms with Gasteiger partial charge in [0.2, 0.25) is 5.91 Å². The minimum absolute atomic E-state index is 0. The van der Waals surface area contributed by atoms with Gasteiger partial charge >= 0.3 is 0 Å². The maximum atomic E-state index is 12.1. The zero-order valence-corrected chi connectivity index (χ0v) is 12.9. The van der Waals surface area contributed by atoms with Crippen molar-refractivity contribution in [3.63, 3.8) is 0 Å². The fourth-order valence-electron chi connectivity index (χ4n) is 2.63. The van der Waals surface area contributed by atoms with Gasteiger partial charge in [-0.1, -0.05) is 31.5 Å². The molecule has 0 spiro atoms. The van der Waals surface area contributed by atoms with Gasteiger partial charge < -0.3 is 4.90 Å². The molecule has 0 aromatic carbocycles. The second kappa shape index (κ2) is 7.33. The number of nitrogens with zero attached hydrogens (tertiary/aromatic N) is 2. The number of aliphatic imine (C=N–C) groups is 1. The first-order valence-electron chi connectivity index (χ1n) is 6.48. The lowest BCUT2D eigenvalue weighted by Crippen LogP contribution is -2.37. The minimum atomic E-state index is -0.554. The fourth-order valence-corrected chi connectivity index (χ4v) is 3.91. The van der Waals surface area contributed by atoms with Gasteiger partial charge in [0, 0.05) is 12.3 Å². The Labute approximate surface area is 123 Å². The summed E-state index contributed by atoms with van der Waals surface area (Å²) < 4.78 is 12.1. The molecule has 1 aliphatic carbocycles. The number of amidine groups is 1. The van der Waals surface area contributed by atoms with Crippen LogP contribution >= 0.6 is 24.2 Å². The first-order chi connectivity index (χ1) is 8.61. The van der Waals surface area contributed by atoms with Crippen LogP contribution < -0.4 is 5.54 Å². The van der Waals surface area contributed by atoms with E-state index in [-0.39, 0.29) is 30.1 Å². The van der Waals surface area contributed by atoms with Gasteiger partial charge in [-0.25, -0.2) is 0 Å². The Bertz CT molecular complexity index is 350.